The molecule has 2 unspecified atom stereocenters. The maximum Gasteiger partial charge on any atom is 0.0897 e. The zero-order valence-corrected chi connectivity index (χ0v) is 12.9. The summed E-state index contributed by atoms with van der Waals surface area (Å²) in [6.07, 6.45) is 2.14. The molecule has 2 rings (SSSR count). The predicted molar refractivity (Wildman–Crippen MR) is 80.1 cm³/mol. The molecule has 0 amide bonds. The Labute approximate surface area is 123 Å². The van der Waals surface area contributed by atoms with Gasteiger partial charge in [-0.1, -0.05) is 28.1 Å². The highest BCUT2D eigenvalue weighted by Gasteiger charge is 2.21. The standard InChI is InChI=1S/C15H22BrNO2/c1-11(13-3-2-4-14(16)7-13)17-8-15(18)10-19-9-12-5-6-12/h2-4,7,11-12,15,17-18H,5-6,8-10H2,1H3. The van der Waals surface area contributed by atoms with E-state index in [-0.39, 0.29) is 6.04 Å². The van der Waals surface area contributed by atoms with Crippen LogP contribution in [-0.2, 0) is 4.74 Å². The second-order valence-electron chi connectivity index (χ2n) is 5.32. The molecule has 1 aliphatic rings. The molecule has 0 aromatic heterocycles. The van der Waals surface area contributed by atoms with Gasteiger partial charge in [0.25, 0.3) is 0 Å². The van der Waals surface area contributed by atoms with E-state index in [1.165, 1.54) is 18.4 Å². The predicted octanol–water partition coefficient (Wildman–Crippen LogP) is 2.89. The normalized spacial score (nSPS) is 18.3. The van der Waals surface area contributed by atoms with Gasteiger partial charge in [0, 0.05) is 23.7 Å². The molecule has 0 aliphatic heterocycles. The first-order chi connectivity index (χ1) is 9.15. The molecule has 1 aromatic rings. The van der Waals surface area contributed by atoms with Crippen LogP contribution in [0.3, 0.4) is 0 Å². The highest BCUT2D eigenvalue weighted by atomic mass is 79.9. The second-order valence-corrected chi connectivity index (χ2v) is 6.24. The summed E-state index contributed by atoms with van der Waals surface area (Å²) < 4.78 is 6.55. The summed E-state index contributed by atoms with van der Waals surface area (Å²) in [4.78, 5) is 0. The minimum atomic E-state index is -0.437. The second kappa shape index (κ2) is 7.39. The molecule has 2 N–H and O–H groups in total. The van der Waals surface area contributed by atoms with Crippen molar-refractivity contribution in [2.75, 3.05) is 19.8 Å². The molecule has 1 aliphatic carbocycles. The van der Waals surface area contributed by atoms with Gasteiger partial charge in [-0.25, -0.2) is 0 Å². The number of hydrogen-bond donors (Lipinski definition) is 2. The molecule has 1 aromatic carbocycles. The fourth-order valence-electron chi connectivity index (χ4n) is 1.92. The molecule has 0 bridgehead atoms. The fraction of sp³-hybridized carbons (Fsp3) is 0.600. The Bertz CT molecular complexity index is 395. The number of rotatable bonds is 8. The highest BCUT2D eigenvalue weighted by Crippen LogP contribution is 2.28. The fourth-order valence-corrected chi connectivity index (χ4v) is 2.34. The minimum Gasteiger partial charge on any atom is -0.389 e. The lowest BCUT2D eigenvalue weighted by Gasteiger charge is -2.18. The Balaban J connectivity index is 1.65. The van der Waals surface area contributed by atoms with Gasteiger partial charge >= 0.3 is 0 Å². The molecule has 19 heavy (non-hydrogen) atoms. The number of aliphatic hydroxyl groups is 1. The molecule has 1 fully saturated rings. The maximum absolute atomic E-state index is 9.84. The molecular weight excluding hydrogens is 306 g/mol. The first-order valence-corrected chi connectivity index (χ1v) is 7.69. The summed E-state index contributed by atoms with van der Waals surface area (Å²) in [5.41, 5.74) is 1.21. The lowest BCUT2D eigenvalue weighted by atomic mass is 10.1. The Kier molecular flexibility index (Phi) is 5.82. The average Bonchev–Trinajstić information content (AvgIpc) is 3.20. The molecule has 106 valence electrons. The summed E-state index contributed by atoms with van der Waals surface area (Å²) >= 11 is 3.47. The highest BCUT2D eigenvalue weighted by molar-refractivity contribution is 9.10. The molecule has 2 atom stereocenters. The van der Waals surface area contributed by atoms with Gasteiger partial charge in [-0.3, -0.25) is 0 Å². The van der Waals surface area contributed by atoms with E-state index in [2.05, 4.69) is 40.3 Å². The van der Waals surface area contributed by atoms with E-state index in [1.54, 1.807) is 0 Å². The van der Waals surface area contributed by atoms with Gasteiger partial charge in [-0.15, -0.1) is 0 Å². The number of ether oxygens (including phenoxy) is 1. The van der Waals surface area contributed by atoms with Gasteiger partial charge in [0.2, 0.25) is 0 Å². The van der Waals surface area contributed by atoms with Crippen LogP contribution in [0.5, 0.6) is 0 Å². The van der Waals surface area contributed by atoms with Crippen molar-refractivity contribution < 1.29 is 9.84 Å². The van der Waals surface area contributed by atoms with E-state index in [4.69, 9.17) is 4.74 Å². The van der Waals surface area contributed by atoms with Crippen LogP contribution >= 0.6 is 15.9 Å². The zero-order valence-electron chi connectivity index (χ0n) is 11.3. The monoisotopic (exact) mass is 327 g/mol. The van der Waals surface area contributed by atoms with E-state index >= 15 is 0 Å². The molecule has 0 saturated heterocycles. The first-order valence-electron chi connectivity index (χ1n) is 6.90. The van der Waals surface area contributed by atoms with Crippen molar-refractivity contribution in [2.24, 2.45) is 5.92 Å². The van der Waals surface area contributed by atoms with E-state index in [0.717, 1.165) is 17.0 Å². The van der Waals surface area contributed by atoms with Crippen LogP contribution in [0.2, 0.25) is 0 Å². The van der Waals surface area contributed by atoms with Crippen molar-refractivity contribution in [3.63, 3.8) is 0 Å². The van der Waals surface area contributed by atoms with Gasteiger partial charge in [0.1, 0.15) is 0 Å². The maximum atomic E-state index is 9.84. The van der Waals surface area contributed by atoms with Crippen LogP contribution in [0.25, 0.3) is 0 Å². The Morgan fingerprint density at radius 1 is 1.47 bits per heavy atom. The van der Waals surface area contributed by atoms with Crippen molar-refractivity contribution in [1.82, 2.24) is 5.32 Å². The Morgan fingerprint density at radius 3 is 2.95 bits per heavy atom. The topological polar surface area (TPSA) is 41.5 Å². The van der Waals surface area contributed by atoms with Crippen LogP contribution in [-0.4, -0.2) is 31.0 Å². The van der Waals surface area contributed by atoms with E-state index in [9.17, 15) is 5.11 Å². The molecule has 3 nitrogen and oxygen atoms in total. The minimum absolute atomic E-state index is 0.218. The summed E-state index contributed by atoms with van der Waals surface area (Å²) in [5.74, 6) is 0.751. The van der Waals surface area contributed by atoms with Gasteiger partial charge in [0.15, 0.2) is 0 Å². The van der Waals surface area contributed by atoms with E-state index < -0.39 is 6.10 Å². The molecular formula is C15H22BrNO2. The van der Waals surface area contributed by atoms with Crippen molar-refractivity contribution in [1.29, 1.82) is 0 Å². The number of hydrogen-bond acceptors (Lipinski definition) is 3. The van der Waals surface area contributed by atoms with Crippen LogP contribution in [0, 0.1) is 5.92 Å². The number of aliphatic hydroxyl groups excluding tert-OH is 1. The third-order valence-corrected chi connectivity index (χ3v) is 3.86. The third kappa shape index (κ3) is 5.61. The average molecular weight is 328 g/mol. The number of halogens is 1. The largest absolute Gasteiger partial charge is 0.389 e. The number of nitrogens with one attached hydrogen (secondary N) is 1. The van der Waals surface area contributed by atoms with Crippen LogP contribution < -0.4 is 5.32 Å². The summed E-state index contributed by atoms with van der Waals surface area (Å²) in [7, 11) is 0. The molecule has 0 heterocycles. The number of benzene rings is 1. The van der Waals surface area contributed by atoms with Gasteiger partial charge in [-0.2, -0.15) is 0 Å². The Morgan fingerprint density at radius 2 is 2.26 bits per heavy atom. The lowest BCUT2D eigenvalue weighted by Crippen LogP contribution is -2.32. The van der Waals surface area contributed by atoms with Crippen molar-refractivity contribution in [3.8, 4) is 0 Å². The smallest absolute Gasteiger partial charge is 0.0897 e. The van der Waals surface area contributed by atoms with E-state index in [0.29, 0.717) is 13.2 Å². The summed E-state index contributed by atoms with van der Waals surface area (Å²) in [5, 5.41) is 13.2. The third-order valence-electron chi connectivity index (χ3n) is 3.37. The molecule has 0 spiro atoms. The molecule has 4 heteroatoms. The van der Waals surface area contributed by atoms with Crippen LogP contribution in [0.4, 0.5) is 0 Å². The zero-order chi connectivity index (χ0) is 13.7. The Hall–Kier alpha value is -0.420. The molecule has 0 radical (unpaired) electrons. The summed E-state index contributed by atoms with van der Waals surface area (Å²) in [6, 6.07) is 8.42. The quantitative estimate of drug-likeness (QED) is 0.771. The van der Waals surface area contributed by atoms with Gasteiger partial charge in [0.05, 0.1) is 12.7 Å². The van der Waals surface area contributed by atoms with Crippen LogP contribution in [0.1, 0.15) is 31.4 Å². The van der Waals surface area contributed by atoms with Crippen molar-refractivity contribution >= 4 is 15.9 Å². The first kappa shape index (κ1) is 15.0. The summed E-state index contributed by atoms with van der Waals surface area (Å²) in [6.45, 7) is 3.88. The lowest BCUT2D eigenvalue weighted by molar-refractivity contribution is 0.0315. The van der Waals surface area contributed by atoms with Gasteiger partial charge in [-0.05, 0) is 43.4 Å². The van der Waals surface area contributed by atoms with Crippen molar-refractivity contribution in [3.05, 3.63) is 34.3 Å². The van der Waals surface area contributed by atoms with E-state index in [1.807, 2.05) is 12.1 Å². The molecule has 1 saturated carbocycles. The van der Waals surface area contributed by atoms with Gasteiger partial charge < -0.3 is 15.2 Å². The SMILES string of the molecule is CC(NCC(O)COCC1CC1)c1cccc(Br)c1. The van der Waals surface area contributed by atoms with Crippen molar-refractivity contribution in [2.45, 2.75) is 31.9 Å². The van der Waals surface area contributed by atoms with Crippen LogP contribution in [0.15, 0.2) is 28.7 Å².